The van der Waals surface area contributed by atoms with Gasteiger partial charge in [0.1, 0.15) is 23.0 Å². The van der Waals surface area contributed by atoms with Crippen LogP contribution in [0.15, 0.2) is 47.4 Å². The highest BCUT2D eigenvalue weighted by Crippen LogP contribution is 2.40. The summed E-state index contributed by atoms with van der Waals surface area (Å²) in [5, 5.41) is 2.99. The van der Waals surface area contributed by atoms with Gasteiger partial charge in [0.15, 0.2) is 0 Å². The number of nitrogens with zero attached hydrogens (tertiary/aromatic N) is 1. The SMILES string of the molecule is CCNC(=O)c1cc2c(=O)n(C)cc(-c3cc(NS(=O)(=O)CC)ccc3Oc3c(C)cc(F)cc3C)c2[nH]1. The van der Waals surface area contributed by atoms with Gasteiger partial charge in [0.05, 0.1) is 16.7 Å². The van der Waals surface area contributed by atoms with Crippen LogP contribution in [0.4, 0.5) is 10.1 Å². The summed E-state index contributed by atoms with van der Waals surface area (Å²) in [6.45, 7) is 7.18. The molecule has 200 valence electrons. The third kappa shape index (κ3) is 5.28. The number of hydrogen-bond acceptors (Lipinski definition) is 5. The van der Waals surface area contributed by atoms with E-state index in [1.165, 1.54) is 29.7 Å². The molecule has 0 saturated heterocycles. The van der Waals surface area contributed by atoms with Crippen LogP contribution in [0.3, 0.4) is 0 Å². The molecule has 9 nitrogen and oxygen atoms in total. The Labute approximate surface area is 219 Å². The number of carbonyl (C=O) groups excluding carboxylic acids is 1. The van der Waals surface area contributed by atoms with Gasteiger partial charge in [-0.15, -0.1) is 0 Å². The summed E-state index contributed by atoms with van der Waals surface area (Å²) in [6, 6.07) is 8.98. The van der Waals surface area contributed by atoms with Gasteiger partial charge in [0.25, 0.3) is 11.5 Å². The molecule has 4 aromatic rings. The first kappa shape index (κ1) is 26.9. The van der Waals surface area contributed by atoms with E-state index in [9.17, 15) is 22.4 Å². The Kier molecular flexibility index (Phi) is 7.32. The van der Waals surface area contributed by atoms with Gasteiger partial charge in [-0.05, 0) is 75.2 Å². The van der Waals surface area contributed by atoms with Gasteiger partial charge in [-0.1, -0.05) is 0 Å². The first-order valence-corrected chi connectivity index (χ1v) is 13.7. The Hall–Kier alpha value is -4.12. The minimum atomic E-state index is -3.58. The fourth-order valence-electron chi connectivity index (χ4n) is 4.24. The van der Waals surface area contributed by atoms with Crippen molar-refractivity contribution >= 4 is 32.5 Å². The lowest BCUT2D eigenvalue weighted by Gasteiger charge is -2.18. The van der Waals surface area contributed by atoms with Crippen molar-refractivity contribution in [2.45, 2.75) is 27.7 Å². The number of benzene rings is 2. The summed E-state index contributed by atoms with van der Waals surface area (Å²) in [6.07, 6.45) is 1.59. The van der Waals surface area contributed by atoms with E-state index in [-0.39, 0.29) is 34.1 Å². The van der Waals surface area contributed by atoms with Crippen LogP contribution in [-0.4, -0.2) is 36.2 Å². The van der Waals surface area contributed by atoms with Crippen molar-refractivity contribution in [3.63, 3.8) is 0 Å². The third-order valence-corrected chi connectivity index (χ3v) is 7.41. The Bertz CT molecular complexity index is 1700. The van der Waals surface area contributed by atoms with E-state index in [1.807, 2.05) is 0 Å². The van der Waals surface area contributed by atoms with Crippen LogP contribution in [0.25, 0.3) is 22.0 Å². The number of ether oxygens (including phenoxy) is 1. The molecule has 0 saturated carbocycles. The number of carbonyl (C=O) groups is 1. The predicted molar refractivity (Wildman–Crippen MR) is 146 cm³/mol. The summed E-state index contributed by atoms with van der Waals surface area (Å²) >= 11 is 0. The molecular formula is C27H29FN4O5S. The van der Waals surface area contributed by atoms with E-state index >= 15 is 0 Å². The van der Waals surface area contributed by atoms with Crippen LogP contribution < -0.4 is 20.3 Å². The Balaban J connectivity index is 1.98. The number of sulfonamides is 1. The quantitative estimate of drug-likeness (QED) is 0.302. The maximum absolute atomic E-state index is 13.9. The zero-order valence-corrected chi connectivity index (χ0v) is 22.5. The normalized spacial score (nSPS) is 11.5. The van der Waals surface area contributed by atoms with Crippen LogP contribution in [0.5, 0.6) is 11.5 Å². The molecular weight excluding hydrogens is 511 g/mol. The summed E-state index contributed by atoms with van der Waals surface area (Å²) in [4.78, 5) is 28.5. The minimum absolute atomic E-state index is 0.120. The lowest BCUT2D eigenvalue weighted by Crippen LogP contribution is -2.22. The molecule has 11 heteroatoms. The van der Waals surface area contributed by atoms with Crippen LogP contribution >= 0.6 is 0 Å². The van der Waals surface area contributed by atoms with Crippen molar-refractivity contribution in [2.75, 3.05) is 17.0 Å². The standard InChI is InChI=1S/C27H29FN4O5S/c1-6-29-26(33)22-13-20-24(30-22)21(14-32(5)27(20)34)19-12-18(31-38(35,36)7-2)8-9-23(19)37-25-15(3)10-17(28)11-16(25)4/h8-14,30-31H,6-7H2,1-5H3,(H,29,33). The molecule has 38 heavy (non-hydrogen) atoms. The number of aryl methyl sites for hydroxylation is 3. The molecule has 0 bridgehead atoms. The Morgan fingerprint density at radius 3 is 2.39 bits per heavy atom. The van der Waals surface area contributed by atoms with Crippen molar-refractivity contribution in [2.24, 2.45) is 7.05 Å². The van der Waals surface area contributed by atoms with Crippen LogP contribution in [0, 0.1) is 19.7 Å². The second kappa shape index (κ2) is 10.3. The van der Waals surface area contributed by atoms with Crippen LogP contribution in [-0.2, 0) is 17.1 Å². The van der Waals surface area contributed by atoms with Crippen molar-refractivity contribution in [3.05, 3.63) is 75.6 Å². The molecule has 4 rings (SSSR count). The third-order valence-electron chi connectivity index (χ3n) is 6.10. The molecule has 0 atom stereocenters. The Morgan fingerprint density at radius 2 is 1.76 bits per heavy atom. The minimum Gasteiger partial charge on any atom is -0.456 e. The molecule has 2 heterocycles. The van der Waals surface area contributed by atoms with Gasteiger partial charge >= 0.3 is 0 Å². The van der Waals surface area contributed by atoms with Crippen LogP contribution in [0.2, 0.25) is 0 Å². The molecule has 3 N–H and O–H groups in total. The lowest BCUT2D eigenvalue weighted by atomic mass is 10.0. The summed E-state index contributed by atoms with van der Waals surface area (Å²) in [5.74, 6) is -0.0804. The average molecular weight is 541 g/mol. The molecule has 2 aromatic carbocycles. The molecule has 1 amide bonds. The molecule has 0 aliphatic carbocycles. The van der Waals surface area contributed by atoms with Crippen molar-refractivity contribution in [3.8, 4) is 22.6 Å². The molecule has 2 aromatic heterocycles. The number of rotatable bonds is 8. The number of nitrogens with one attached hydrogen (secondary N) is 3. The van der Waals surface area contributed by atoms with E-state index in [1.54, 1.807) is 52.2 Å². The Morgan fingerprint density at radius 1 is 1.08 bits per heavy atom. The van der Waals surface area contributed by atoms with Crippen molar-refractivity contribution in [1.82, 2.24) is 14.9 Å². The molecule has 0 radical (unpaired) electrons. The van der Waals surface area contributed by atoms with E-state index in [0.29, 0.717) is 51.5 Å². The largest absolute Gasteiger partial charge is 0.456 e. The van der Waals surface area contributed by atoms with Gasteiger partial charge in [0.2, 0.25) is 10.0 Å². The fraction of sp³-hybridized carbons (Fsp3) is 0.259. The number of amides is 1. The maximum atomic E-state index is 13.9. The fourth-order valence-corrected chi connectivity index (χ4v) is 4.87. The zero-order valence-electron chi connectivity index (χ0n) is 21.7. The summed E-state index contributed by atoms with van der Waals surface area (Å²) in [7, 11) is -1.99. The zero-order chi connectivity index (χ0) is 27.8. The van der Waals surface area contributed by atoms with Crippen molar-refractivity contribution < 1.29 is 22.3 Å². The van der Waals surface area contributed by atoms with Crippen LogP contribution in [0.1, 0.15) is 35.5 Å². The second-order valence-electron chi connectivity index (χ2n) is 8.98. The summed E-state index contributed by atoms with van der Waals surface area (Å²) in [5.41, 5.74) is 2.69. The number of aromatic nitrogens is 2. The van der Waals surface area contributed by atoms with Gasteiger partial charge in [0, 0.05) is 36.6 Å². The highest BCUT2D eigenvalue weighted by atomic mass is 32.2. The summed E-state index contributed by atoms with van der Waals surface area (Å²) < 4.78 is 48.7. The molecule has 0 fully saturated rings. The topological polar surface area (TPSA) is 122 Å². The van der Waals surface area contributed by atoms with E-state index in [0.717, 1.165) is 0 Å². The van der Waals surface area contributed by atoms with Gasteiger partial charge < -0.3 is 19.6 Å². The average Bonchev–Trinajstić information content (AvgIpc) is 3.30. The molecule has 0 unspecified atom stereocenters. The number of halogens is 1. The van der Waals surface area contributed by atoms with Gasteiger partial charge in [-0.25, -0.2) is 12.8 Å². The number of aromatic amines is 1. The van der Waals surface area contributed by atoms with E-state index in [4.69, 9.17) is 4.74 Å². The molecule has 0 spiro atoms. The smallest absolute Gasteiger partial charge is 0.267 e. The van der Waals surface area contributed by atoms with Gasteiger partial charge in [-0.2, -0.15) is 0 Å². The highest BCUT2D eigenvalue weighted by molar-refractivity contribution is 7.92. The lowest BCUT2D eigenvalue weighted by molar-refractivity contribution is 0.0951. The van der Waals surface area contributed by atoms with Crippen molar-refractivity contribution in [1.29, 1.82) is 0 Å². The first-order valence-electron chi connectivity index (χ1n) is 12.0. The molecule has 0 aliphatic rings. The van der Waals surface area contributed by atoms with Gasteiger partial charge in [-0.3, -0.25) is 14.3 Å². The highest BCUT2D eigenvalue weighted by Gasteiger charge is 2.20. The number of fused-ring (bicyclic) bond motifs is 1. The number of anilines is 1. The number of pyridine rings is 1. The maximum Gasteiger partial charge on any atom is 0.267 e. The molecule has 0 aliphatic heterocycles. The first-order chi connectivity index (χ1) is 17.9. The van der Waals surface area contributed by atoms with E-state index < -0.39 is 10.0 Å². The number of hydrogen-bond donors (Lipinski definition) is 3. The monoisotopic (exact) mass is 540 g/mol. The predicted octanol–water partition coefficient (Wildman–Crippen LogP) is 4.59. The second-order valence-corrected chi connectivity index (χ2v) is 11.0. The number of H-pyrrole nitrogens is 1. The van der Waals surface area contributed by atoms with E-state index in [2.05, 4.69) is 15.0 Å².